The summed E-state index contributed by atoms with van der Waals surface area (Å²) in [6.45, 7) is 0.493. The summed E-state index contributed by atoms with van der Waals surface area (Å²) in [5.74, 6) is -0.0179. The lowest BCUT2D eigenvalue weighted by Gasteiger charge is -2.10. The highest BCUT2D eigenvalue weighted by atomic mass is 19.1. The van der Waals surface area contributed by atoms with E-state index < -0.39 is 5.82 Å². The van der Waals surface area contributed by atoms with Gasteiger partial charge in [-0.2, -0.15) is 0 Å². The summed E-state index contributed by atoms with van der Waals surface area (Å²) in [6, 6.07) is 9.49. The highest BCUT2D eigenvalue weighted by molar-refractivity contribution is 5.90. The Balaban J connectivity index is 1.81. The average Bonchev–Trinajstić information content (AvgIpc) is 2.56. The van der Waals surface area contributed by atoms with Crippen molar-refractivity contribution in [2.75, 3.05) is 19.0 Å². The standard InChI is InChI=1S/C17H15F2N3O/c1-23-16-8-12-15(9-14(16)19)21-10-22-17(12)20-7-6-11-4-2-3-5-13(11)18/h2-5,8-10H,6-7H2,1H3,(H,20,21,22). The number of nitrogens with one attached hydrogen (secondary N) is 1. The van der Waals surface area contributed by atoms with Gasteiger partial charge in [-0.05, 0) is 24.1 Å². The molecule has 2 aromatic carbocycles. The lowest BCUT2D eigenvalue weighted by Crippen LogP contribution is -2.08. The number of rotatable bonds is 5. The second kappa shape index (κ2) is 6.56. The van der Waals surface area contributed by atoms with Crippen molar-refractivity contribution in [2.24, 2.45) is 0 Å². The molecule has 0 unspecified atom stereocenters. The van der Waals surface area contributed by atoms with Gasteiger partial charge in [-0.15, -0.1) is 0 Å². The van der Waals surface area contributed by atoms with Gasteiger partial charge < -0.3 is 10.1 Å². The molecule has 1 aromatic heterocycles. The molecule has 23 heavy (non-hydrogen) atoms. The Bertz CT molecular complexity index is 839. The van der Waals surface area contributed by atoms with E-state index in [2.05, 4.69) is 15.3 Å². The van der Waals surface area contributed by atoms with E-state index in [1.807, 2.05) is 0 Å². The van der Waals surface area contributed by atoms with Crippen LogP contribution in [0, 0.1) is 11.6 Å². The highest BCUT2D eigenvalue weighted by Crippen LogP contribution is 2.27. The number of hydrogen-bond acceptors (Lipinski definition) is 4. The maximum absolute atomic E-state index is 13.7. The molecule has 118 valence electrons. The first-order valence-electron chi connectivity index (χ1n) is 7.14. The molecule has 3 aromatic rings. The summed E-state index contributed by atoms with van der Waals surface area (Å²) in [6.07, 6.45) is 1.87. The molecule has 0 radical (unpaired) electrons. The average molecular weight is 315 g/mol. The van der Waals surface area contributed by atoms with Crippen molar-refractivity contribution in [3.05, 3.63) is 59.9 Å². The van der Waals surface area contributed by atoms with Crippen LogP contribution in [0.25, 0.3) is 10.9 Å². The molecule has 0 saturated carbocycles. The Labute approximate surface area is 132 Å². The van der Waals surface area contributed by atoms with E-state index in [1.54, 1.807) is 24.3 Å². The van der Waals surface area contributed by atoms with Crippen LogP contribution in [0.15, 0.2) is 42.7 Å². The molecule has 6 heteroatoms. The quantitative estimate of drug-likeness (QED) is 0.782. The first-order valence-corrected chi connectivity index (χ1v) is 7.14. The number of nitrogens with zero attached hydrogens (tertiary/aromatic N) is 2. The minimum absolute atomic E-state index is 0.129. The highest BCUT2D eigenvalue weighted by Gasteiger charge is 2.10. The van der Waals surface area contributed by atoms with Gasteiger partial charge in [0.15, 0.2) is 11.6 Å². The van der Waals surface area contributed by atoms with Crippen LogP contribution in [0.5, 0.6) is 5.75 Å². The van der Waals surface area contributed by atoms with Crippen LogP contribution in [0.4, 0.5) is 14.6 Å². The summed E-state index contributed by atoms with van der Waals surface area (Å²) in [4.78, 5) is 8.22. The van der Waals surface area contributed by atoms with E-state index in [-0.39, 0.29) is 11.6 Å². The predicted octanol–water partition coefficient (Wildman–Crippen LogP) is 3.57. The third-order valence-corrected chi connectivity index (χ3v) is 3.55. The molecule has 0 aliphatic heterocycles. The number of methoxy groups -OCH3 is 1. The third kappa shape index (κ3) is 3.21. The molecule has 0 aliphatic rings. The number of anilines is 1. The van der Waals surface area contributed by atoms with Gasteiger partial charge in [0.1, 0.15) is 18.0 Å². The van der Waals surface area contributed by atoms with Gasteiger partial charge in [-0.25, -0.2) is 18.7 Å². The predicted molar refractivity (Wildman–Crippen MR) is 84.6 cm³/mol. The van der Waals surface area contributed by atoms with E-state index in [4.69, 9.17) is 4.74 Å². The van der Waals surface area contributed by atoms with Gasteiger partial charge in [0.05, 0.1) is 12.6 Å². The van der Waals surface area contributed by atoms with Gasteiger partial charge in [0.25, 0.3) is 0 Å². The summed E-state index contributed by atoms with van der Waals surface area (Å²) < 4.78 is 32.3. The van der Waals surface area contributed by atoms with Gasteiger partial charge in [-0.1, -0.05) is 18.2 Å². The zero-order chi connectivity index (χ0) is 16.2. The van der Waals surface area contributed by atoms with Crippen LogP contribution in [-0.4, -0.2) is 23.6 Å². The molecular formula is C17H15F2N3O. The maximum Gasteiger partial charge on any atom is 0.167 e. The van der Waals surface area contributed by atoms with Crippen molar-refractivity contribution in [1.82, 2.24) is 9.97 Å². The normalized spacial score (nSPS) is 10.7. The molecular weight excluding hydrogens is 300 g/mol. The Kier molecular flexibility index (Phi) is 4.32. The van der Waals surface area contributed by atoms with Crippen molar-refractivity contribution in [3.63, 3.8) is 0 Å². The van der Waals surface area contributed by atoms with Crippen LogP contribution in [-0.2, 0) is 6.42 Å². The number of fused-ring (bicyclic) bond motifs is 1. The Morgan fingerprint density at radius 2 is 1.91 bits per heavy atom. The SMILES string of the molecule is COc1cc2c(NCCc3ccccc3F)ncnc2cc1F. The van der Waals surface area contributed by atoms with Gasteiger partial charge in [0.2, 0.25) is 0 Å². The maximum atomic E-state index is 13.7. The molecule has 3 rings (SSSR count). The Hall–Kier alpha value is -2.76. The fourth-order valence-corrected chi connectivity index (χ4v) is 2.37. The first-order chi connectivity index (χ1) is 11.2. The fraction of sp³-hybridized carbons (Fsp3) is 0.176. The van der Waals surface area contributed by atoms with Crippen LogP contribution in [0.2, 0.25) is 0 Å². The first kappa shape index (κ1) is 15.1. The van der Waals surface area contributed by atoms with E-state index in [0.29, 0.717) is 35.2 Å². The zero-order valence-electron chi connectivity index (χ0n) is 12.5. The van der Waals surface area contributed by atoms with E-state index in [9.17, 15) is 8.78 Å². The van der Waals surface area contributed by atoms with E-state index >= 15 is 0 Å². The second-order valence-electron chi connectivity index (χ2n) is 4.99. The van der Waals surface area contributed by atoms with Gasteiger partial charge in [0, 0.05) is 18.0 Å². The molecule has 0 aliphatic carbocycles. The smallest absolute Gasteiger partial charge is 0.167 e. The summed E-state index contributed by atoms with van der Waals surface area (Å²) >= 11 is 0. The number of halogens is 2. The lowest BCUT2D eigenvalue weighted by molar-refractivity contribution is 0.387. The second-order valence-corrected chi connectivity index (χ2v) is 4.99. The Morgan fingerprint density at radius 3 is 2.70 bits per heavy atom. The minimum atomic E-state index is -0.476. The van der Waals surface area contributed by atoms with Crippen molar-refractivity contribution in [1.29, 1.82) is 0 Å². The molecule has 0 atom stereocenters. The monoisotopic (exact) mass is 315 g/mol. The molecule has 1 heterocycles. The number of hydrogen-bond donors (Lipinski definition) is 1. The largest absolute Gasteiger partial charge is 0.494 e. The van der Waals surface area contributed by atoms with Gasteiger partial charge in [-0.3, -0.25) is 0 Å². The molecule has 0 amide bonds. The van der Waals surface area contributed by atoms with Crippen LogP contribution < -0.4 is 10.1 Å². The zero-order valence-corrected chi connectivity index (χ0v) is 12.5. The topological polar surface area (TPSA) is 47.0 Å². The fourth-order valence-electron chi connectivity index (χ4n) is 2.37. The molecule has 0 saturated heterocycles. The van der Waals surface area contributed by atoms with Crippen LogP contribution >= 0.6 is 0 Å². The number of ether oxygens (including phenoxy) is 1. The molecule has 4 nitrogen and oxygen atoms in total. The van der Waals surface area contributed by atoms with E-state index in [0.717, 1.165) is 0 Å². The summed E-state index contributed by atoms with van der Waals surface area (Å²) in [7, 11) is 1.40. The molecule has 0 fully saturated rings. The van der Waals surface area contributed by atoms with Crippen molar-refractivity contribution in [2.45, 2.75) is 6.42 Å². The lowest BCUT2D eigenvalue weighted by atomic mass is 10.1. The van der Waals surface area contributed by atoms with Crippen LogP contribution in [0.1, 0.15) is 5.56 Å². The third-order valence-electron chi connectivity index (χ3n) is 3.55. The minimum Gasteiger partial charge on any atom is -0.494 e. The van der Waals surface area contributed by atoms with Gasteiger partial charge >= 0.3 is 0 Å². The molecule has 0 bridgehead atoms. The molecule has 1 N–H and O–H groups in total. The number of aromatic nitrogens is 2. The van der Waals surface area contributed by atoms with E-state index in [1.165, 1.54) is 25.6 Å². The summed E-state index contributed by atoms with van der Waals surface area (Å²) in [5, 5.41) is 3.79. The number of benzene rings is 2. The van der Waals surface area contributed by atoms with Crippen molar-refractivity contribution >= 4 is 16.7 Å². The van der Waals surface area contributed by atoms with Crippen molar-refractivity contribution < 1.29 is 13.5 Å². The molecule has 0 spiro atoms. The van der Waals surface area contributed by atoms with Crippen LogP contribution in [0.3, 0.4) is 0 Å². The Morgan fingerprint density at radius 1 is 1.09 bits per heavy atom. The van der Waals surface area contributed by atoms with Crippen molar-refractivity contribution in [3.8, 4) is 5.75 Å². The summed E-state index contributed by atoms with van der Waals surface area (Å²) in [5.41, 5.74) is 1.11.